The lowest BCUT2D eigenvalue weighted by Gasteiger charge is -2.35. The largest absolute Gasteiger partial charge is 0.493 e. The Labute approximate surface area is 260 Å². The van der Waals surface area contributed by atoms with E-state index < -0.39 is 17.9 Å². The molecule has 0 aromatic heterocycles. The van der Waals surface area contributed by atoms with Crippen LogP contribution in [0.2, 0.25) is 0 Å². The van der Waals surface area contributed by atoms with Crippen molar-refractivity contribution in [3.8, 4) is 5.75 Å². The number of nitrogens with zero attached hydrogens (tertiary/aromatic N) is 3. The molecule has 2 amide bonds. The molecule has 0 spiro atoms. The van der Waals surface area contributed by atoms with Crippen LogP contribution in [0.1, 0.15) is 81.4 Å². The highest BCUT2D eigenvalue weighted by Crippen LogP contribution is 2.41. The molecular formula is C35H46FN3O5. The van der Waals surface area contributed by atoms with Gasteiger partial charge in [0.15, 0.2) is 0 Å². The second kappa shape index (κ2) is 14.1. The summed E-state index contributed by atoms with van der Waals surface area (Å²) < 4.78 is 20.0. The molecular weight excluding hydrogens is 561 g/mol. The number of aliphatic carboxylic acids is 1. The maximum Gasteiger partial charge on any atom is 0.308 e. The monoisotopic (exact) mass is 607 g/mol. The number of aryl methyl sites for hydroxylation is 1. The van der Waals surface area contributed by atoms with Crippen molar-refractivity contribution in [2.75, 3.05) is 37.7 Å². The molecule has 8 nitrogen and oxygen atoms in total. The third-order valence-corrected chi connectivity index (χ3v) is 9.68. The van der Waals surface area contributed by atoms with E-state index in [1.165, 1.54) is 6.07 Å². The second-order valence-corrected chi connectivity index (χ2v) is 12.6. The van der Waals surface area contributed by atoms with Crippen molar-refractivity contribution in [2.24, 2.45) is 5.92 Å². The number of carboxylic acids is 1. The maximum atomic E-state index is 14.4. The zero-order valence-electron chi connectivity index (χ0n) is 26.3. The Bertz CT molecular complexity index is 1360. The van der Waals surface area contributed by atoms with Gasteiger partial charge in [-0.15, -0.1) is 0 Å². The molecule has 2 aromatic rings. The molecule has 0 bridgehead atoms. The molecule has 5 rings (SSSR count). The van der Waals surface area contributed by atoms with E-state index in [0.717, 1.165) is 55.4 Å². The zero-order valence-corrected chi connectivity index (χ0v) is 26.3. The fourth-order valence-electron chi connectivity index (χ4n) is 7.51. The van der Waals surface area contributed by atoms with Crippen molar-refractivity contribution in [3.05, 3.63) is 58.9 Å². The van der Waals surface area contributed by atoms with E-state index in [9.17, 15) is 23.9 Å². The van der Waals surface area contributed by atoms with Crippen molar-refractivity contribution >= 4 is 23.5 Å². The Hall–Kier alpha value is -3.46. The highest BCUT2D eigenvalue weighted by atomic mass is 19.1. The molecule has 238 valence electrons. The van der Waals surface area contributed by atoms with Crippen LogP contribution in [0.15, 0.2) is 36.4 Å². The van der Waals surface area contributed by atoms with Gasteiger partial charge in [0.25, 0.3) is 0 Å². The Morgan fingerprint density at radius 1 is 1.11 bits per heavy atom. The summed E-state index contributed by atoms with van der Waals surface area (Å²) >= 11 is 0. The van der Waals surface area contributed by atoms with Crippen molar-refractivity contribution in [1.82, 2.24) is 9.80 Å². The van der Waals surface area contributed by atoms with Crippen LogP contribution in [-0.4, -0.2) is 77.6 Å². The summed E-state index contributed by atoms with van der Waals surface area (Å²) in [4.78, 5) is 45.5. The summed E-state index contributed by atoms with van der Waals surface area (Å²) in [6, 6.07) is 10.3. The number of anilines is 1. The molecule has 2 saturated heterocycles. The first kappa shape index (κ1) is 31.9. The lowest BCUT2D eigenvalue weighted by Crippen LogP contribution is -2.48. The van der Waals surface area contributed by atoms with Crippen LogP contribution in [-0.2, 0) is 20.8 Å². The van der Waals surface area contributed by atoms with Crippen molar-refractivity contribution in [1.29, 1.82) is 0 Å². The van der Waals surface area contributed by atoms with Crippen LogP contribution in [0.25, 0.3) is 0 Å². The molecule has 0 unspecified atom stereocenters. The predicted octanol–water partition coefficient (Wildman–Crippen LogP) is 5.55. The van der Waals surface area contributed by atoms with E-state index in [1.54, 1.807) is 19.1 Å². The van der Waals surface area contributed by atoms with Gasteiger partial charge in [0.1, 0.15) is 11.6 Å². The number of likely N-dealkylation sites (tertiary alicyclic amines) is 2. The number of halogens is 1. The van der Waals surface area contributed by atoms with Crippen LogP contribution in [0.5, 0.6) is 5.75 Å². The number of carbonyl (C=O) groups is 3. The van der Waals surface area contributed by atoms with Crippen LogP contribution < -0.4 is 9.64 Å². The van der Waals surface area contributed by atoms with Gasteiger partial charge in [0.2, 0.25) is 11.8 Å². The number of hydrogen-bond acceptors (Lipinski definition) is 5. The van der Waals surface area contributed by atoms with E-state index in [2.05, 4.69) is 19.9 Å². The van der Waals surface area contributed by atoms with Crippen molar-refractivity contribution in [2.45, 2.75) is 90.1 Å². The highest BCUT2D eigenvalue weighted by Gasteiger charge is 2.48. The van der Waals surface area contributed by atoms with Crippen LogP contribution in [0, 0.1) is 18.7 Å². The fraction of sp³-hybridized carbons (Fsp3) is 0.571. The molecule has 0 radical (unpaired) electrons. The molecule has 3 aliphatic rings. The Morgan fingerprint density at radius 2 is 1.89 bits per heavy atom. The van der Waals surface area contributed by atoms with Gasteiger partial charge in [-0.05, 0) is 73.6 Å². The molecule has 3 aliphatic heterocycles. The molecule has 9 heteroatoms. The first-order valence-electron chi connectivity index (χ1n) is 16.3. The Morgan fingerprint density at radius 3 is 2.55 bits per heavy atom. The summed E-state index contributed by atoms with van der Waals surface area (Å²) in [6.07, 6.45) is 6.03. The van der Waals surface area contributed by atoms with Gasteiger partial charge in [-0.1, -0.05) is 38.8 Å². The standard InChI is InChI=1S/C35H46FN3O5/c1-4-7-26(8-5-2)39(27-11-12-29(36)23(3)19-27)33(41)22-38-21-28(24-10-13-31-25(20-24)15-18-44-31)34(35(42)43)30(38)14-17-37-16-6-9-32(37)40/h10-13,19-20,26,28,30,34H,4-9,14-18,21-22H2,1-3H3,(H,42,43)/t28-,30-,34+/m1/s1. The topological polar surface area (TPSA) is 90.4 Å². The number of rotatable bonds is 13. The third-order valence-electron chi connectivity index (χ3n) is 9.68. The van der Waals surface area contributed by atoms with Gasteiger partial charge in [-0.25, -0.2) is 4.39 Å². The number of carboxylic acid groups (broad SMARTS) is 1. The molecule has 0 saturated carbocycles. The predicted molar refractivity (Wildman–Crippen MR) is 168 cm³/mol. The lowest BCUT2D eigenvalue weighted by molar-refractivity contribution is -0.143. The minimum absolute atomic E-state index is 0.0478. The van der Waals surface area contributed by atoms with Gasteiger partial charge in [0, 0.05) is 56.2 Å². The summed E-state index contributed by atoms with van der Waals surface area (Å²) in [5.74, 6) is -1.41. The highest BCUT2D eigenvalue weighted by molar-refractivity contribution is 5.95. The zero-order chi connectivity index (χ0) is 31.4. The van der Waals surface area contributed by atoms with Gasteiger partial charge >= 0.3 is 5.97 Å². The average molecular weight is 608 g/mol. The van der Waals surface area contributed by atoms with Crippen molar-refractivity contribution in [3.63, 3.8) is 0 Å². The van der Waals surface area contributed by atoms with Gasteiger partial charge in [-0.3, -0.25) is 19.3 Å². The first-order valence-corrected chi connectivity index (χ1v) is 16.3. The smallest absolute Gasteiger partial charge is 0.308 e. The Balaban J connectivity index is 1.47. The molecule has 2 fully saturated rings. The number of ether oxygens (including phenoxy) is 1. The molecule has 0 aliphatic carbocycles. The molecule has 3 heterocycles. The van der Waals surface area contributed by atoms with E-state index in [-0.39, 0.29) is 36.1 Å². The third kappa shape index (κ3) is 6.77. The number of benzene rings is 2. The molecule has 1 N–H and O–H groups in total. The summed E-state index contributed by atoms with van der Waals surface area (Å²) in [6.45, 7) is 8.14. The van der Waals surface area contributed by atoms with Gasteiger partial charge in [0.05, 0.1) is 19.1 Å². The van der Waals surface area contributed by atoms with E-state index in [1.807, 2.05) is 26.8 Å². The summed E-state index contributed by atoms with van der Waals surface area (Å²) in [7, 11) is 0. The average Bonchev–Trinajstić information content (AvgIpc) is 3.72. The lowest BCUT2D eigenvalue weighted by atomic mass is 9.83. The van der Waals surface area contributed by atoms with Crippen molar-refractivity contribution < 1.29 is 28.6 Å². The normalized spacial score (nSPS) is 21.6. The Kier molecular flexibility index (Phi) is 10.2. The summed E-state index contributed by atoms with van der Waals surface area (Å²) in [5, 5.41) is 10.6. The van der Waals surface area contributed by atoms with E-state index in [4.69, 9.17) is 4.74 Å². The fourth-order valence-corrected chi connectivity index (χ4v) is 7.51. The van der Waals surface area contributed by atoms with E-state index >= 15 is 0 Å². The van der Waals surface area contributed by atoms with Crippen LogP contribution >= 0.6 is 0 Å². The maximum absolute atomic E-state index is 14.4. The number of amides is 2. The number of hydrogen-bond donors (Lipinski definition) is 1. The van der Waals surface area contributed by atoms with Gasteiger partial charge in [-0.2, -0.15) is 0 Å². The van der Waals surface area contributed by atoms with Crippen LogP contribution in [0.3, 0.4) is 0 Å². The van der Waals surface area contributed by atoms with Crippen LogP contribution in [0.4, 0.5) is 10.1 Å². The minimum atomic E-state index is -0.889. The first-order chi connectivity index (χ1) is 21.2. The quantitative estimate of drug-likeness (QED) is 0.321. The molecule has 2 aromatic carbocycles. The summed E-state index contributed by atoms with van der Waals surface area (Å²) in [5.41, 5.74) is 3.18. The SMILES string of the molecule is CCCC(CCC)N(C(=O)CN1C[C@H](c2ccc3c(c2)CCO3)[C@H](C(=O)O)[C@H]1CCN1CCCC1=O)c1ccc(F)c(C)c1. The van der Waals surface area contributed by atoms with Gasteiger partial charge < -0.3 is 19.6 Å². The molecule has 44 heavy (non-hydrogen) atoms. The number of carbonyl (C=O) groups excluding carboxylic acids is 2. The number of fused-ring (bicyclic) bond motifs is 1. The molecule has 3 atom stereocenters. The minimum Gasteiger partial charge on any atom is -0.493 e. The van der Waals surface area contributed by atoms with E-state index in [0.29, 0.717) is 50.3 Å². The second-order valence-electron chi connectivity index (χ2n) is 12.6.